The molecule has 1 aromatic carbocycles. The van der Waals surface area contributed by atoms with Gasteiger partial charge in [-0.15, -0.1) is 0 Å². The molecule has 0 unspecified atom stereocenters. The Morgan fingerprint density at radius 2 is 2.00 bits per heavy atom. The zero-order chi connectivity index (χ0) is 15.3. The standard InChI is InChI=1S/C17H16N4O/c1-20-15-10-21(9-13(15)8-19-20)16(22)12-2-4-14(5-3-12)17(11-18)6-7-17/h2-5,8H,6-7,9-10H2,1H3. The van der Waals surface area contributed by atoms with Crippen LogP contribution in [0.4, 0.5) is 0 Å². The van der Waals surface area contributed by atoms with Crippen molar-refractivity contribution in [3.8, 4) is 6.07 Å². The molecule has 2 aliphatic rings. The molecule has 1 fully saturated rings. The van der Waals surface area contributed by atoms with Crippen molar-refractivity contribution < 1.29 is 4.79 Å². The number of benzene rings is 1. The van der Waals surface area contributed by atoms with Gasteiger partial charge in [-0.2, -0.15) is 10.4 Å². The van der Waals surface area contributed by atoms with Gasteiger partial charge in [0.15, 0.2) is 0 Å². The molecule has 1 saturated carbocycles. The number of carbonyl (C=O) groups excluding carboxylic acids is 1. The number of amides is 1. The van der Waals surface area contributed by atoms with Crippen LogP contribution >= 0.6 is 0 Å². The molecule has 0 spiro atoms. The van der Waals surface area contributed by atoms with Gasteiger partial charge in [-0.05, 0) is 30.5 Å². The van der Waals surface area contributed by atoms with Crippen LogP contribution in [0.25, 0.3) is 0 Å². The van der Waals surface area contributed by atoms with Crippen LogP contribution in [0.5, 0.6) is 0 Å². The van der Waals surface area contributed by atoms with Crippen molar-refractivity contribution >= 4 is 5.91 Å². The van der Waals surface area contributed by atoms with Crippen molar-refractivity contribution in [3.63, 3.8) is 0 Å². The SMILES string of the molecule is Cn1ncc2c1CN(C(=O)c1ccc(C3(C#N)CC3)cc1)C2. The minimum Gasteiger partial charge on any atom is -0.328 e. The Balaban J connectivity index is 1.53. The van der Waals surface area contributed by atoms with Gasteiger partial charge in [0.2, 0.25) is 0 Å². The average Bonchev–Trinajstić information content (AvgIpc) is 3.12. The van der Waals surface area contributed by atoms with E-state index in [1.807, 2.05) is 47.1 Å². The third-order valence-electron chi connectivity index (χ3n) is 4.79. The summed E-state index contributed by atoms with van der Waals surface area (Å²) in [5.74, 6) is 0.0320. The van der Waals surface area contributed by atoms with E-state index in [1.165, 1.54) is 0 Å². The minimum atomic E-state index is -0.295. The summed E-state index contributed by atoms with van der Waals surface area (Å²) in [4.78, 5) is 14.4. The summed E-state index contributed by atoms with van der Waals surface area (Å²) in [6.07, 6.45) is 3.67. The summed E-state index contributed by atoms with van der Waals surface area (Å²) in [6.45, 7) is 1.22. The molecule has 5 nitrogen and oxygen atoms in total. The topological polar surface area (TPSA) is 61.9 Å². The highest BCUT2D eigenvalue weighted by molar-refractivity contribution is 5.94. The molecule has 2 aromatic rings. The minimum absolute atomic E-state index is 0.0320. The number of nitriles is 1. The van der Waals surface area contributed by atoms with Gasteiger partial charge in [0, 0.05) is 24.7 Å². The van der Waals surface area contributed by atoms with Crippen molar-refractivity contribution in [3.05, 3.63) is 52.8 Å². The highest BCUT2D eigenvalue weighted by Crippen LogP contribution is 2.47. The van der Waals surface area contributed by atoms with E-state index in [0.29, 0.717) is 18.7 Å². The molecular formula is C17H16N4O. The first-order chi connectivity index (χ1) is 10.6. The van der Waals surface area contributed by atoms with E-state index in [1.54, 1.807) is 0 Å². The molecule has 1 aromatic heterocycles. The van der Waals surface area contributed by atoms with Gasteiger partial charge >= 0.3 is 0 Å². The van der Waals surface area contributed by atoms with Crippen molar-refractivity contribution in [1.29, 1.82) is 5.26 Å². The van der Waals surface area contributed by atoms with Crippen LogP contribution in [-0.2, 0) is 25.6 Å². The monoisotopic (exact) mass is 292 g/mol. The molecule has 0 atom stereocenters. The number of nitrogens with zero attached hydrogens (tertiary/aromatic N) is 4. The number of carbonyl (C=O) groups is 1. The Labute approximate surface area is 128 Å². The maximum atomic E-state index is 12.6. The third kappa shape index (κ3) is 1.84. The molecule has 4 rings (SSSR count). The first kappa shape index (κ1) is 13.1. The smallest absolute Gasteiger partial charge is 0.254 e. The quantitative estimate of drug-likeness (QED) is 0.852. The second-order valence-electron chi connectivity index (χ2n) is 6.17. The Bertz CT molecular complexity index is 793. The highest BCUT2D eigenvalue weighted by atomic mass is 16.2. The summed E-state index contributed by atoms with van der Waals surface area (Å²) < 4.78 is 1.83. The van der Waals surface area contributed by atoms with Crippen molar-refractivity contribution in [2.24, 2.45) is 7.05 Å². The van der Waals surface area contributed by atoms with Gasteiger partial charge in [-0.25, -0.2) is 0 Å². The zero-order valence-electron chi connectivity index (χ0n) is 12.4. The molecule has 0 saturated heterocycles. The second-order valence-corrected chi connectivity index (χ2v) is 6.17. The van der Waals surface area contributed by atoms with E-state index in [0.717, 1.165) is 29.7 Å². The number of fused-ring (bicyclic) bond motifs is 1. The number of hydrogen-bond donors (Lipinski definition) is 0. The maximum absolute atomic E-state index is 12.6. The highest BCUT2D eigenvalue weighted by Gasteiger charge is 2.44. The average molecular weight is 292 g/mol. The van der Waals surface area contributed by atoms with Gasteiger partial charge in [-0.1, -0.05) is 12.1 Å². The summed E-state index contributed by atoms with van der Waals surface area (Å²) in [5, 5.41) is 13.4. The van der Waals surface area contributed by atoms with Gasteiger partial charge in [0.25, 0.3) is 5.91 Å². The van der Waals surface area contributed by atoms with Crippen molar-refractivity contribution in [2.45, 2.75) is 31.3 Å². The Hall–Kier alpha value is -2.61. The van der Waals surface area contributed by atoms with Gasteiger partial charge in [0.05, 0.1) is 29.9 Å². The predicted octanol–water partition coefficient (Wildman–Crippen LogP) is 2.13. The molecule has 1 amide bonds. The summed E-state index contributed by atoms with van der Waals surface area (Å²) in [7, 11) is 1.90. The second kappa shape index (κ2) is 4.44. The van der Waals surface area contributed by atoms with Crippen LogP contribution in [0.3, 0.4) is 0 Å². The summed E-state index contributed by atoms with van der Waals surface area (Å²) in [6, 6.07) is 9.92. The van der Waals surface area contributed by atoms with E-state index in [2.05, 4.69) is 11.2 Å². The van der Waals surface area contributed by atoms with Crippen LogP contribution in [0.15, 0.2) is 30.5 Å². The fourth-order valence-electron chi connectivity index (χ4n) is 3.13. The maximum Gasteiger partial charge on any atom is 0.254 e. The Kier molecular flexibility index (Phi) is 2.64. The van der Waals surface area contributed by atoms with E-state index >= 15 is 0 Å². The van der Waals surface area contributed by atoms with Gasteiger partial charge in [-0.3, -0.25) is 9.48 Å². The third-order valence-corrected chi connectivity index (χ3v) is 4.79. The number of aryl methyl sites for hydroxylation is 1. The molecule has 5 heteroatoms. The number of hydrogen-bond acceptors (Lipinski definition) is 3. The van der Waals surface area contributed by atoms with Crippen LogP contribution < -0.4 is 0 Å². The lowest BCUT2D eigenvalue weighted by molar-refractivity contribution is 0.0748. The molecule has 0 bridgehead atoms. The van der Waals surface area contributed by atoms with E-state index < -0.39 is 0 Å². The lowest BCUT2D eigenvalue weighted by Crippen LogP contribution is -2.26. The van der Waals surface area contributed by atoms with E-state index in [4.69, 9.17) is 0 Å². The van der Waals surface area contributed by atoms with Crippen molar-refractivity contribution in [1.82, 2.24) is 14.7 Å². The Morgan fingerprint density at radius 3 is 2.59 bits per heavy atom. The molecule has 110 valence electrons. The normalized spacial score (nSPS) is 17.9. The molecular weight excluding hydrogens is 276 g/mol. The van der Waals surface area contributed by atoms with Gasteiger partial charge < -0.3 is 4.90 Å². The molecule has 2 heterocycles. The molecule has 1 aliphatic heterocycles. The number of rotatable bonds is 2. The first-order valence-corrected chi connectivity index (χ1v) is 7.44. The summed E-state index contributed by atoms with van der Waals surface area (Å²) in [5.41, 5.74) is 3.64. The van der Waals surface area contributed by atoms with E-state index in [-0.39, 0.29) is 11.3 Å². The van der Waals surface area contributed by atoms with Crippen LogP contribution in [0.1, 0.15) is 40.0 Å². The fourth-order valence-corrected chi connectivity index (χ4v) is 3.13. The van der Waals surface area contributed by atoms with Crippen LogP contribution in [-0.4, -0.2) is 20.6 Å². The van der Waals surface area contributed by atoms with Crippen molar-refractivity contribution in [2.75, 3.05) is 0 Å². The zero-order valence-corrected chi connectivity index (χ0v) is 12.4. The molecule has 22 heavy (non-hydrogen) atoms. The fraction of sp³-hybridized carbons (Fsp3) is 0.353. The number of aromatic nitrogens is 2. The lowest BCUT2D eigenvalue weighted by atomic mass is 9.96. The van der Waals surface area contributed by atoms with E-state index in [9.17, 15) is 10.1 Å². The molecule has 0 radical (unpaired) electrons. The largest absolute Gasteiger partial charge is 0.328 e. The first-order valence-electron chi connectivity index (χ1n) is 7.44. The van der Waals surface area contributed by atoms with Crippen LogP contribution in [0.2, 0.25) is 0 Å². The Morgan fingerprint density at radius 1 is 1.27 bits per heavy atom. The molecule has 0 N–H and O–H groups in total. The van der Waals surface area contributed by atoms with Gasteiger partial charge in [0.1, 0.15) is 0 Å². The van der Waals surface area contributed by atoms with Crippen LogP contribution in [0, 0.1) is 11.3 Å². The summed E-state index contributed by atoms with van der Waals surface area (Å²) >= 11 is 0. The predicted molar refractivity (Wildman–Crippen MR) is 79.8 cm³/mol. The lowest BCUT2D eigenvalue weighted by Gasteiger charge is -2.16. The molecule has 1 aliphatic carbocycles.